The summed E-state index contributed by atoms with van der Waals surface area (Å²) in [6.45, 7) is 8.11. The second-order valence-corrected chi connectivity index (χ2v) is 6.72. The molecule has 0 saturated heterocycles. The molecule has 0 bridgehead atoms. The van der Waals surface area contributed by atoms with Gasteiger partial charge in [0.1, 0.15) is 11.6 Å². The van der Waals surface area contributed by atoms with E-state index in [0.717, 1.165) is 24.5 Å². The van der Waals surface area contributed by atoms with Crippen molar-refractivity contribution in [1.29, 1.82) is 0 Å². The standard InChI is InChI=1S/C21H23ClFN5/c1-4-28(5-2)17-9-6-15(7-10-17)25-20-12-14(3)24-21(27-20)26-16-8-11-19(23)18(22)13-16/h6-13H,4-5H2,1-3H3,(H2,24,25,26,27). The first-order chi connectivity index (χ1) is 13.5. The molecule has 146 valence electrons. The lowest BCUT2D eigenvalue weighted by atomic mass is 10.2. The van der Waals surface area contributed by atoms with Crippen LogP contribution in [0.5, 0.6) is 0 Å². The van der Waals surface area contributed by atoms with Crippen molar-refractivity contribution in [3.05, 3.63) is 65.1 Å². The topological polar surface area (TPSA) is 53.1 Å². The zero-order valence-electron chi connectivity index (χ0n) is 16.1. The number of halogens is 2. The molecule has 0 aliphatic heterocycles. The van der Waals surface area contributed by atoms with Crippen molar-refractivity contribution in [2.75, 3.05) is 28.6 Å². The van der Waals surface area contributed by atoms with E-state index in [9.17, 15) is 4.39 Å². The number of anilines is 5. The van der Waals surface area contributed by atoms with Crippen LogP contribution in [0.25, 0.3) is 0 Å². The Morgan fingerprint density at radius 2 is 1.61 bits per heavy atom. The first-order valence-electron chi connectivity index (χ1n) is 9.18. The summed E-state index contributed by atoms with van der Waals surface area (Å²) in [7, 11) is 0. The van der Waals surface area contributed by atoms with Crippen molar-refractivity contribution in [2.45, 2.75) is 20.8 Å². The lowest BCUT2D eigenvalue weighted by Gasteiger charge is -2.21. The lowest BCUT2D eigenvalue weighted by molar-refractivity contribution is 0.628. The molecular weight excluding hydrogens is 377 g/mol. The minimum absolute atomic E-state index is 0.0456. The number of hydrogen-bond acceptors (Lipinski definition) is 5. The third kappa shape index (κ3) is 4.89. The van der Waals surface area contributed by atoms with Gasteiger partial charge in [-0.2, -0.15) is 4.98 Å². The Labute approximate surface area is 169 Å². The van der Waals surface area contributed by atoms with Gasteiger partial charge in [0.25, 0.3) is 0 Å². The van der Waals surface area contributed by atoms with Gasteiger partial charge < -0.3 is 15.5 Å². The van der Waals surface area contributed by atoms with Crippen LogP contribution in [0, 0.1) is 12.7 Å². The molecule has 0 aliphatic rings. The predicted octanol–water partition coefficient (Wildman–Crippen LogP) is 5.91. The van der Waals surface area contributed by atoms with Crippen LogP contribution >= 0.6 is 11.6 Å². The highest BCUT2D eigenvalue weighted by molar-refractivity contribution is 6.31. The molecule has 3 aromatic rings. The summed E-state index contributed by atoms with van der Waals surface area (Å²) < 4.78 is 13.3. The van der Waals surface area contributed by atoms with Crippen LogP contribution in [0.1, 0.15) is 19.5 Å². The van der Waals surface area contributed by atoms with Crippen molar-refractivity contribution >= 4 is 40.4 Å². The minimum Gasteiger partial charge on any atom is -0.372 e. The third-order valence-electron chi connectivity index (χ3n) is 4.30. The predicted molar refractivity (Wildman–Crippen MR) is 115 cm³/mol. The summed E-state index contributed by atoms with van der Waals surface area (Å²) in [5.41, 5.74) is 3.54. The molecule has 0 fully saturated rings. The lowest BCUT2D eigenvalue weighted by Crippen LogP contribution is -2.21. The minimum atomic E-state index is -0.465. The quantitative estimate of drug-likeness (QED) is 0.517. The number of benzene rings is 2. The average molecular weight is 400 g/mol. The van der Waals surface area contributed by atoms with Gasteiger partial charge in [-0.1, -0.05) is 11.6 Å². The summed E-state index contributed by atoms with van der Waals surface area (Å²) >= 11 is 5.83. The van der Waals surface area contributed by atoms with E-state index in [1.807, 2.05) is 25.1 Å². The van der Waals surface area contributed by atoms with Crippen LogP contribution in [-0.4, -0.2) is 23.1 Å². The van der Waals surface area contributed by atoms with Crippen LogP contribution in [-0.2, 0) is 0 Å². The van der Waals surface area contributed by atoms with Crippen LogP contribution < -0.4 is 15.5 Å². The monoisotopic (exact) mass is 399 g/mol. The highest BCUT2D eigenvalue weighted by Crippen LogP contribution is 2.24. The number of nitrogens with one attached hydrogen (secondary N) is 2. The number of aromatic nitrogens is 2. The Morgan fingerprint density at radius 3 is 2.25 bits per heavy atom. The van der Waals surface area contributed by atoms with Crippen molar-refractivity contribution < 1.29 is 4.39 Å². The number of aryl methyl sites for hydroxylation is 1. The Balaban J connectivity index is 1.76. The van der Waals surface area contributed by atoms with Gasteiger partial charge in [-0.25, -0.2) is 9.37 Å². The molecule has 0 spiro atoms. The maximum absolute atomic E-state index is 13.3. The van der Waals surface area contributed by atoms with E-state index >= 15 is 0 Å². The molecule has 1 aromatic heterocycles. The zero-order chi connectivity index (χ0) is 20.1. The smallest absolute Gasteiger partial charge is 0.229 e. The van der Waals surface area contributed by atoms with Gasteiger partial charge in [-0.3, -0.25) is 0 Å². The van der Waals surface area contributed by atoms with E-state index < -0.39 is 5.82 Å². The second kappa shape index (κ2) is 8.89. The van der Waals surface area contributed by atoms with Crippen LogP contribution in [0.2, 0.25) is 5.02 Å². The second-order valence-electron chi connectivity index (χ2n) is 6.32. The van der Waals surface area contributed by atoms with E-state index in [0.29, 0.717) is 17.5 Å². The average Bonchev–Trinajstić information content (AvgIpc) is 2.66. The van der Waals surface area contributed by atoms with Gasteiger partial charge in [0.15, 0.2) is 0 Å². The summed E-state index contributed by atoms with van der Waals surface area (Å²) in [6, 6.07) is 14.5. The van der Waals surface area contributed by atoms with Gasteiger partial charge >= 0.3 is 0 Å². The highest BCUT2D eigenvalue weighted by atomic mass is 35.5. The molecule has 7 heteroatoms. The Bertz CT molecular complexity index is 942. The van der Waals surface area contributed by atoms with E-state index in [1.54, 1.807) is 6.07 Å². The van der Waals surface area contributed by atoms with E-state index in [1.165, 1.54) is 17.8 Å². The molecule has 0 saturated carbocycles. The number of hydrogen-bond donors (Lipinski definition) is 2. The maximum atomic E-state index is 13.3. The summed E-state index contributed by atoms with van der Waals surface area (Å²) in [5, 5.41) is 6.40. The molecule has 28 heavy (non-hydrogen) atoms. The fourth-order valence-electron chi connectivity index (χ4n) is 2.88. The van der Waals surface area contributed by atoms with Crippen molar-refractivity contribution in [1.82, 2.24) is 9.97 Å². The SMILES string of the molecule is CCN(CC)c1ccc(Nc2cc(C)nc(Nc3ccc(F)c(Cl)c3)n2)cc1. The zero-order valence-corrected chi connectivity index (χ0v) is 16.9. The largest absolute Gasteiger partial charge is 0.372 e. The van der Waals surface area contributed by atoms with Gasteiger partial charge in [0.05, 0.1) is 5.02 Å². The molecule has 0 unspecified atom stereocenters. The number of nitrogens with zero attached hydrogens (tertiary/aromatic N) is 3. The van der Waals surface area contributed by atoms with Gasteiger partial charge in [0.2, 0.25) is 5.95 Å². The van der Waals surface area contributed by atoms with Crippen molar-refractivity contribution in [3.8, 4) is 0 Å². The van der Waals surface area contributed by atoms with Crippen molar-refractivity contribution in [3.63, 3.8) is 0 Å². The van der Waals surface area contributed by atoms with Gasteiger partial charge in [-0.05, 0) is 63.2 Å². The van der Waals surface area contributed by atoms with Gasteiger partial charge in [0, 0.05) is 41.9 Å². The van der Waals surface area contributed by atoms with E-state index in [4.69, 9.17) is 11.6 Å². The summed E-state index contributed by atoms with van der Waals surface area (Å²) in [6.07, 6.45) is 0. The first-order valence-corrected chi connectivity index (χ1v) is 9.56. The van der Waals surface area contributed by atoms with Crippen LogP contribution in [0.15, 0.2) is 48.5 Å². The molecule has 2 N–H and O–H groups in total. The summed E-state index contributed by atoms with van der Waals surface area (Å²) in [4.78, 5) is 11.1. The summed E-state index contributed by atoms with van der Waals surface area (Å²) in [5.74, 6) is 0.608. The van der Waals surface area contributed by atoms with Crippen molar-refractivity contribution in [2.24, 2.45) is 0 Å². The number of rotatable bonds is 7. The molecule has 3 rings (SSSR count). The molecular formula is C21H23ClFN5. The maximum Gasteiger partial charge on any atom is 0.229 e. The molecule has 0 amide bonds. The fourth-order valence-corrected chi connectivity index (χ4v) is 3.06. The highest BCUT2D eigenvalue weighted by Gasteiger charge is 2.07. The Hall–Kier alpha value is -2.86. The van der Waals surface area contributed by atoms with E-state index in [2.05, 4.69) is 51.5 Å². The molecule has 2 aromatic carbocycles. The molecule has 0 atom stereocenters. The van der Waals surface area contributed by atoms with E-state index in [-0.39, 0.29) is 5.02 Å². The molecule has 1 heterocycles. The Kier molecular flexibility index (Phi) is 6.31. The first kappa shape index (κ1) is 19.9. The van der Waals surface area contributed by atoms with Crippen LogP contribution in [0.4, 0.5) is 33.2 Å². The fraction of sp³-hybridized carbons (Fsp3) is 0.238. The molecule has 0 aliphatic carbocycles. The normalized spacial score (nSPS) is 10.6. The molecule has 0 radical (unpaired) electrons. The van der Waals surface area contributed by atoms with Crippen LogP contribution in [0.3, 0.4) is 0 Å². The van der Waals surface area contributed by atoms with Gasteiger partial charge in [-0.15, -0.1) is 0 Å². The Morgan fingerprint density at radius 1 is 0.929 bits per heavy atom. The molecule has 5 nitrogen and oxygen atoms in total. The third-order valence-corrected chi connectivity index (χ3v) is 4.59.